The van der Waals surface area contributed by atoms with E-state index in [0.29, 0.717) is 5.92 Å². The predicted octanol–water partition coefficient (Wildman–Crippen LogP) is 3.83. The Labute approximate surface area is 96.3 Å². The van der Waals surface area contributed by atoms with Crippen molar-refractivity contribution in [2.24, 2.45) is 5.92 Å². The number of hydrogen-bond acceptors (Lipinski definition) is 1. The lowest BCUT2D eigenvalue weighted by Gasteiger charge is -2.21. The molecule has 2 heteroatoms. The van der Waals surface area contributed by atoms with Gasteiger partial charge in [0.15, 0.2) is 0 Å². The molecule has 0 spiro atoms. The van der Waals surface area contributed by atoms with Crippen LogP contribution >= 0.6 is 0 Å². The van der Waals surface area contributed by atoms with Crippen molar-refractivity contribution >= 4 is 0 Å². The molecule has 0 aromatic heterocycles. The minimum atomic E-state index is -0.492. The van der Waals surface area contributed by atoms with Gasteiger partial charge in [-0.25, -0.2) is 4.39 Å². The molecule has 0 heterocycles. The Morgan fingerprint density at radius 1 is 1.12 bits per heavy atom. The number of benzene rings is 1. The topological polar surface area (TPSA) is 20.2 Å². The molecule has 1 aromatic carbocycles. The number of rotatable bonds is 2. The van der Waals surface area contributed by atoms with Gasteiger partial charge in [-0.05, 0) is 36.5 Å². The predicted molar refractivity (Wildman–Crippen MR) is 62.6 cm³/mol. The van der Waals surface area contributed by atoms with E-state index in [4.69, 9.17) is 0 Å². The summed E-state index contributed by atoms with van der Waals surface area (Å²) in [5, 5.41) is 10.2. The first kappa shape index (κ1) is 11.6. The summed E-state index contributed by atoms with van der Waals surface area (Å²) in [5.74, 6) is 0.0504. The zero-order valence-corrected chi connectivity index (χ0v) is 9.53. The van der Waals surface area contributed by atoms with Crippen LogP contribution in [0.15, 0.2) is 24.3 Å². The summed E-state index contributed by atoms with van der Waals surface area (Å²) < 4.78 is 13.1. The Morgan fingerprint density at radius 2 is 1.81 bits per heavy atom. The molecule has 0 aliphatic heterocycles. The minimum Gasteiger partial charge on any atom is -0.388 e. The molecule has 0 saturated heterocycles. The molecule has 0 amide bonds. The molecule has 1 fully saturated rings. The SMILES string of the molecule is O[C@@H](c1cccc(F)c1)C1CCCCCC1. The van der Waals surface area contributed by atoms with E-state index < -0.39 is 6.10 Å². The van der Waals surface area contributed by atoms with E-state index in [0.717, 1.165) is 18.4 Å². The monoisotopic (exact) mass is 222 g/mol. The van der Waals surface area contributed by atoms with E-state index in [2.05, 4.69) is 0 Å². The standard InChI is InChI=1S/C14H19FO/c15-13-9-5-8-12(10-13)14(16)11-6-3-1-2-4-7-11/h5,8-11,14,16H,1-4,6-7H2/t14-/m1/s1. The normalized spacial score (nSPS) is 20.4. The van der Waals surface area contributed by atoms with Gasteiger partial charge in [0.05, 0.1) is 6.10 Å². The van der Waals surface area contributed by atoms with Gasteiger partial charge < -0.3 is 5.11 Å². The molecule has 1 aliphatic carbocycles. The summed E-state index contributed by atoms with van der Waals surface area (Å²) in [4.78, 5) is 0. The fourth-order valence-electron chi connectivity index (χ4n) is 2.59. The lowest BCUT2D eigenvalue weighted by Crippen LogP contribution is -2.12. The summed E-state index contributed by atoms with van der Waals surface area (Å²) in [6, 6.07) is 6.36. The van der Waals surface area contributed by atoms with Crippen molar-refractivity contribution in [2.75, 3.05) is 0 Å². The quantitative estimate of drug-likeness (QED) is 0.754. The van der Waals surface area contributed by atoms with Gasteiger partial charge in [0.2, 0.25) is 0 Å². The maximum Gasteiger partial charge on any atom is 0.123 e. The van der Waals surface area contributed by atoms with Gasteiger partial charge in [0.1, 0.15) is 5.82 Å². The van der Waals surface area contributed by atoms with E-state index >= 15 is 0 Å². The Hall–Kier alpha value is -0.890. The molecular weight excluding hydrogens is 203 g/mol. The van der Waals surface area contributed by atoms with Gasteiger partial charge in [0.25, 0.3) is 0 Å². The Balaban J connectivity index is 2.07. The van der Waals surface area contributed by atoms with Crippen LogP contribution in [-0.2, 0) is 0 Å². The molecule has 1 aliphatic rings. The van der Waals surface area contributed by atoms with Gasteiger partial charge >= 0.3 is 0 Å². The summed E-state index contributed by atoms with van der Waals surface area (Å²) in [5.41, 5.74) is 0.729. The van der Waals surface area contributed by atoms with Crippen LogP contribution in [0, 0.1) is 11.7 Å². The zero-order valence-electron chi connectivity index (χ0n) is 9.53. The second kappa shape index (κ2) is 5.44. The number of aliphatic hydroxyl groups is 1. The Morgan fingerprint density at radius 3 is 2.44 bits per heavy atom. The van der Waals surface area contributed by atoms with Crippen molar-refractivity contribution in [2.45, 2.75) is 44.6 Å². The van der Waals surface area contributed by atoms with Gasteiger partial charge in [0, 0.05) is 0 Å². The Kier molecular flexibility index (Phi) is 3.94. The first-order valence-electron chi connectivity index (χ1n) is 6.21. The molecule has 2 rings (SSSR count). The third-order valence-electron chi connectivity index (χ3n) is 3.54. The van der Waals surface area contributed by atoms with E-state index in [9.17, 15) is 9.50 Å². The van der Waals surface area contributed by atoms with E-state index in [1.165, 1.54) is 37.8 Å². The highest BCUT2D eigenvalue weighted by Gasteiger charge is 2.22. The van der Waals surface area contributed by atoms with Crippen molar-refractivity contribution < 1.29 is 9.50 Å². The molecule has 1 N–H and O–H groups in total. The van der Waals surface area contributed by atoms with Crippen molar-refractivity contribution in [1.82, 2.24) is 0 Å². The molecule has 1 aromatic rings. The van der Waals surface area contributed by atoms with Crippen LogP contribution in [0.25, 0.3) is 0 Å². The summed E-state index contributed by atoms with van der Waals surface area (Å²) in [7, 11) is 0. The molecule has 88 valence electrons. The maximum absolute atomic E-state index is 13.1. The molecule has 0 radical (unpaired) electrons. The van der Waals surface area contributed by atoms with Gasteiger partial charge in [-0.15, -0.1) is 0 Å². The zero-order chi connectivity index (χ0) is 11.4. The van der Waals surface area contributed by atoms with Crippen molar-refractivity contribution in [3.8, 4) is 0 Å². The van der Waals surface area contributed by atoms with Crippen LogP contribution in [0.5, 0.6) is 0 Å². The number of aliphatic hydroxyl groups excluding tert-OH is 1. The van der Waals surface area contributed by atoms with Crippen LogP contribution in [-0.4, -0.2) is 5.11 Å². The van der Waals surface area contributed by atoms with E-state index in [-0.39, 0.29) is 5.82 Å². The molecule has 16 heavy (non-hydrogen) atoms. The third kappa shape index (κ3) is 2.82. The van der Waals surface area contributed by atoms with Crippen LogP contribution in [0.1, 0.15) is 50.2 Å². The number of hydrogen-bond donors (Lipinski definition) is 1. The average molecular weight is 222 g/mol. The van der Waals surface area contributed by atoms with Crippen LogP contribution in [0.3, 0.4) is 0 Å². The summed E-state index contributed by atoms with van der Waals surface area (Å²) in [6.07, 6.45) is 6.57. The molecule has 0 bridgehead atoms. The average Bonchev–Trinajstić information content (AvgIpc) is 2.56. The highest BCUT2D eigenvalue weighted by molar-refractivity contribution is 5.19. The highest BCUT2D eigenvalue weighted by atomic mass is 19.1. The molecular formula is C14H19FO. The van der Waals surface area contributed by atoms with E-state index in [1.807, 2.05) is 6.07 Å². The molecule has 0 unspecified atom stereocenters. The fraction of sp³-hybridized carbons (Fsp3) is 0.571. The lowest BCUT2D eigenvalue weighted by molar-refractivity contribution is 0.0985. The second-order valence-corrected chi connectivity index (χ2v) is 4.75. The minimum absolute atomic E-state index is 0.259. The van der Waals surface area contributed by atoms with Gasteiger partial charge in [-0.3, -0.25) is 0 Å². The van der Waals surface area contributed by atoms with Crippen molar-refractivity contribution in [1.29, 1.82) is 0 Å². The third-order valence-corrected chi connectivity index (χ3v) is 3.54. The van der Waals surface area contributed by atoms with Crippen LogP contribution < -0.4 is 0 Å². The first-order chi connectivity index (χ1) is 7.77. The second-order valence-electron chi connectivity index (χ2n) is 4.75. The van der Waals surface area contributed by atoms with Crippen LogP contribution in [0.4, 0.5) is 4.39 Å². The molecule has 1 atom stereocenters. The van der Waals surface area contributed by atoms with Crippen molar-refractivity contribution in [3.63, 3.8) is 0 Å². The van der Waals surface area contributed by atoms with Gasteiger partial charge in [-0.2, -0.15) is 0 Å². The first-order valence-corrected chi connectivity index (χ1v) is 6.21. The Bertz CT molecular complexity index is 329. The van der Waals surface area contributed by atoms with Crippen molar-refractivity contribution in [3.05, 3.63) is 35.6 Å². The highest BCUT2D eigenvalue weighted by Crippen LogP contribution is 2.33. The summed E-state index contributed by atoms with van der Waals surface area (Å²) >= 11 is 0. The van der Waals surface area contributed by atoms with Gasteiger partial charge in [-0.1, -0.05) is 37.8 Å². The summed E-state index contributed by atoms with van der Waals surface area (Å²) in [6.45, 7) is 0. The van der Waals surface area contributed by atoms with E-state index in [1.54, 1.807) is 6.07 Å². The fourth-order valence-corrected chi connectivity index (χ4v) is 2.59. The number of halogens is 1. The molecule has 1 nitrogen and oxygen atoms in total. The maximum atomic E-state index is 13.1. The van der Waals surface area contributed by atoms with Crippen LogP contribution in [0.2, 0.25) is 0 Å². The largest absolute Gasteiger partial charge is 0.388 e. The molecule has 1 saturated carbocycles. The lowest BCUT2D eigenvalue weighted by atomic mass is 9.89. The smallest absolute Gasteiger partial charge is 0.123 e.